The molecule has 0 radical (unpaired) electrons. The van der Waals surface area contributed by atoms with Gasteiger partial charge in [0, 0.05) is 6.04 Å². The van der Waals surface area contributed by atoms with Crippen molar-refractivity contribution in [3.8, 4) is 0 Å². The van der Waals surface area contributed by atoms with Gasteiger partial charge < -0.3 is 5.73 Å². The molecule has 0 aliphatic carbocycles. The predicted octanol–water partition coefficient (Wildman–Crippen LogP) is 3.38. The summed E-state index contributed by atoms with van der Waals surface area (Å²) >= 11 is 0. The number of hydrogen-bond donors (Lipinski definition) is 1. The predicted molar refractivity (Wildman–Crippen MR) is 58.0 cm³/mol. The first-order valence-electron chi connectivity index (χ1n) is 5.35. The summed E-state index contributed by atoms with van der Waals surface area (Å²) in [4.78, 5) is 0. The van der Waals surface area contributed by atoms with Gasteiger partial charge in [0.05, 0.1) is 5.56 Å². The molecule has 0 heterocycles. The quantitative estimate of drug-likeness (QED) is 0.844. The molecule has 2 N–H and O–H groups in total. The first kappa shape index (κ1) is 13.0. The lowest BCUT2D eigenvalue weighted by Gasteiger charge is -2.10. The molecule has 0 aliphatic rings. The zero-order valence-electron chi connectivity index (χ0n) is 9.22. The van der Waals surface area contributed by atoms with Crippen molar-refractivity contribution in [3.05, 3.63) is 35.4 Å². The fourth-order valence-electron chi connectivity index (χ4n) is 1.42. The highest BCUT2D eigenvalue weighted by Gasteiger charge is 2.29. The van der Waals surface area contributed by atoms with Gasteiger partial charge in [-0.1, -0.05) is 19.1 Å². The van der Waals surface area contributed by atoms with Gasteiger partial charge in [0.1, 0.15) is 0 Å². The van der Waals surface area contributed by atoms with E-state index >= 15 is 0 Å². The lowest BCUT2D eigenvalue weighted by molar-refractivity contribution is -0.137. The van der Waals surface area contributed by atoms with Gasteiger partial charge in [0.25, 0.3) is 0 Å². The van der Waals surface area contributed by atoms with Gasteiger partial charge in [-0.15, -0.1) is 0 Å². The molecule has 0 saturated carbocycles. The Labute approximate surface area is 93.5 Å². The lowest BCUT2D eigenvalue weighted by Crippen LogP contribution is -2.19. The van der Waals surface area contributed by atoms with Crippen molar-refractivity contribution >= 4 is 0 Å². The summed E-state index contributed by atoms with van der Waals surface area (Å²) in [6.45, 7) is 2.00. The maximum absolute atomic E-state index is 12.3. The summed E-state index contributed by atoms with van der Waals surface area (Å²) in [5.74, 6) is 0. The molecular formula is C12H16F3N. The van der Waals surface area contributed by atoms with E-state index in [4.69, 9.17) is 5.73 Å². The Morgan fingerprint density at radius 2 is 1.75 bits per heavy atom. The molecule has 4 heteroatoms. The number of hydrogen-bond acceptors (Lipinski definition) is 1. The molecular weight excluding hydrogens is 215 g/mol. The van der Waals surface area contributed by atoms with Crippen LogP contribution in [0.2, 0.25) is 0 Å². The fourth-order valence-corrected chi connectivity index (χ4v) is 1.42. The van der Waals surface area contributed by atoms with E-state index in [0.29, 0.717) is 0 Å². The molecule has 1 nitrogen and oxygen atoms in total. The molecule has 0 aliphatic heterocycles. The van der Waals surface area contributed by atoms with Crippen LogP contribution >= 0.6 is 0 Å². The van der Waals surface area contributed by atoms with E-state index < -0.39 is 11.7 Å². The van der Waals surface area contributed by atoms with Crippen molar-refractivity contribution < 1.29 is 13.2 Å². The Balaban J connectivity index is 2.58. The Kier molecular flexibility index (Phi) is 4.35. The van der Waals surface area contributed by atoms with E-state index in [1.54, 1.807) is 0 Å². The van der Waals surface area contributed by atoms with Crippen LogP contribution in [0.5, 0.6) is 0 Å². The molecule has 1 atom stereocenters. The van der Waals surface area contributed by atoms with Crippen LogP contribution in [0.25, 0.3) is 0 Å². The molecule has 1 unspecified atom stereocenters. The fraction of sp³-hybridized carbons (Fsp3) is 0.500. The Morgan fingerprint density at radius 1 is 1.19 bits per heavy atom. The van der Waals surface area contributed by atoms with E-state index in [2.05, 4.69) is 0 Å². The van der Waals surface area contributed by atoms with Crippen LogP contribution in [0, 0.1) is 0 Å². The molecule has 90 valence electrons. The minimum absolute atomic E-state index is 0.127. The Bertz CT molecular complexity index is 316. The topological polar surface area (TPSA) is 26.0 Å². The van der Waals surface area contributed by atoms with Crippen LogP contribution in [-0.2, 0) is 12.6 Å². The second-order valence-corrected chi connectivity index (χ2v) is 3.90. The molecule has 16 heavy (non-hydrogen) atoms. The van der Waals surface area contributed by atoms with E-state index in [-0.39, 0.29) is 6.04 Å². The molecule has 1 rings (SSSR count). The van der Waals surface area contributed by atoms with Crippen molar-refractivity contribution in [3.63, 3.8) is 0 Å². The third-order valence-electron chi connectivity index (χ3n) is 2.61. The summed E-state index contributed by atoms with van der Waals surface area (Å²) in [7, 11) is 0. The zero-order valence-corrected chi connectivity index (χ0v) is 9.22. The smallest absolute Gasteiger partial charge is 0.328 e. The number of aryl methyl sites for hydroxylation is 1. The van der Waals surface area contributed by atoms with Crippen LogP contribution in [0.4, 0.5) is 13.2 Å². The summed E-state index contributed by atoms with van der Waals surface area (Å²) in [5.41, 5.74) is 6.04. The SMILES string of the molecule is CCC(N)CCc1ccc(C(F)(F)F)cc1. The van der Waals surface area contributed by atoms with Gasteiger partial charge in [0.2, 0.25) is 0 Å². The Morgan fingerprint density at radius 3 is 2.19 bits per heavy atom. The minimum Gasteiger partial charge on any atom is -0.328 e. The van der Waals surface area contributed by atoms with Gasteiger partial charge in [-0.05, 0) is 37.0 Å². The normalized spacial score (nSPS) is 13.8. The average Bonchev–Trinajstić information content (AvgIpc) is 2.25. The van der Waals surface area contributed by atoms with Gasteiger partial charge >= 0.3 is 6.18 Å². The summed E-state index contributed by atoms with van der Waals surface area (Å²) < 4.78 is 36.8. The highest BCUT2D eigenvalue weighted by atomic mass is 19.4. The van der Waals surface area contributed by atoms with Gasteiger partial charge in [-0.2, -0.15) is 13.2 Å². The standard InChI is InChI=1S/C12H16F3N/c1-2-11(16)8-5-9-3-6-10(7-4-9)12(13,14)15/h3-4,6-7,11H,2,5,8,16H2,1H3. The van der Waals surface area contributed by atoms with Crippen LogP contribution in [0.3, 0.4) is 0 Å². The zero-order chi connectivity index (χ0) is 12.2. The van der Waals surface area contributed by atoms with Crippen LogP contribution in [0.1, 0.15) is 30.9 Å². The maximum Gasteiger partial charge on any atom is 0.416 e. The number of alkyl halides is 3. The van der Waals surface area contributed by atoms with Crippen LogP contribution in [-0.4, -0.2) is 6.04 Å². The molecule has 0 saturated heterocycles. The van der Waals surface area contributed by atoms with Gasteiger partial charge in [-0.3, -0.25) is 0 Å². The van der Waals surface area contributed by atoms with Crippen molar-refractivity contribution in [1.82, 2.24) is 0 Å². The largest absolute Gasteiger partial charge is 0.416 e. The Hall–Kier alpha value is -1.03. The highest BCUT2D eigenvalue weighted by molar-refractivity contribution is 5.24. The van der Waals surface area contributed by atoms with E-state index in [1.165, 1.54) is 12.1 Å². The second-order valence-electron chi connectivity index (χ2n) is 3.90. The molecule has 0 spiro atoms. The molecule has 0 fully saturated rings. The first-order chi connectivity index (χ1) is 7.43. The molecule has 1 aromatic carbocycles. The molecule has 1 aromatic rings. The molecule has 0 aromatic heterocycles. The second kappa shape index (κ2) is 5.34. The number of rotatable bonds is 4. The third-order valence-corrected chi connectivity index (χ3v) is 2.61. The highest BCUT2D eigenvalue weighted by Crippen LogP contribution is 2.29. The van der Waals surface area contributed by atoms with E-state index in [1.807, 2.05) is 6.92 Å². The van der Waals surface area contributed by atoms with Crippen LogP contribution < -0.4 is 5.73 Å². The maximum atomic E-state index is 12.3. The molecule has 0 amide bonds. The number of halogens is 3. The van der Waals surface area contributed by atoms with Crippen molar-refractivity contribution in [2.75, 3.05) is 0 Å². The van der Waals surface area contributed by atoms with Gasteiger partial charge in [0.15, 0.2) is 0 Å². The monoisotopic (exact) mass is 231 g/mol. The number of benzene rings is 1. The van der Waals surface area contributed by atoms with Crippen molar-refractivity contribution in [2.45, 2.75) is 38.4 Å². The number of nitrogens with two attached hydrogens (primary N) is 1. The molecule has 0 bridgehead atoms. The lowest BCUT2D eigenvalue weighted by atomic mass is 10.0. The summed E-state index contributed by atoms with van der Waals surface area (Å²) in [6.07, 6.45) is -1.83. The van der Waals surface area contributed by atoms with E-state index in [9.17, 15) is 13.2 Å². The first-order valence-corrected chi connectivity index (χ1v) is 5.35. The van der Waals surface area contributed by atoms with Crippen molar-refractivity contribution in [1.29, 1.82) is 0 Å². The van der Waals surface area contributed by atoms with Crippen molar-refractivity contribution in [2.24, 2.45) is 5.73 Å². The van der Waals surface area contributed by atoms with Crippen LogP contribution in [0.15, 0.2) is 24.3 Å². The van der Waals surface area contributed by atoms with E-state index in [0.717, 1.165) is 37.0 Å². The summed E-state index contributed by atoms with van der Waals surface area (Å²) in [6, 6.07) is 5.40. The third kappa shape index (κ3) is 3.85. The summed E-state index contributed by atoms with van der Waals surface area (Å²) in [5, 5.41) is 0. The minimum atomic E-state index is -4.25. The van der Waals surface area contributed by atoms with Gasteiger partial charge in [-0.25, -0.2) is 0 Å². The average molecular weight is 231 g/mol.